The van der Waals surface area contributed by atoms with Crippen molar-refractivity contribution in [1.82, 2.24) is 15.5 Å². The van der Waals surface area contributed by atoms with Crippen LogP contribution in [0.1, 0.15) is 66.2 Å². The third-order valence-electron chi connectivity index (χ3n) is 5.75. The number of guanidine groups is 1. The van der Waals surface area contributed by atoms with Crippen molar-refractivity contribution in [2.45, 2.75) is 71.8 Å². The average Bonchev–Trinajstić information content (AvgIpc) is 3.39. The Morgan fingerprint density at radius 2 is 1.84 bits per heavy atom. The quantitative estimate of drug-likeness (QED) is 0.360. The number of rotatable bonds is 10. The fraction of sp³-hybridized carbons (Fsp3) is 0.950. The number of ether oxygens (including phenoxy) is 1. The van der Waals surface area contributed by atoms with Gasteiger partial charge in [-0.2, -0.15) is 0 Å². The fourth-order valence-electron chi connectivity index (χ4n) is 3.61. The molecular formula is C20H40N4O. The van der Waals surface area contributed by atoms with Crippen molar-refractivity contribution in [1.29, 1.82) is 0 Å². The predicted molar refractivity (Wildman–Crippen MR) is 106 cm³/mol. The molecule has 0 radical (unpaired) electrons. The maximum Gasteiger partial charge on any atom is 0.191 e. The van der Waals surface area contributed by atoms with E-state index in [1.807, 2.05) is 0 Å². The molecule has 0 spiro atoms. The van der Waals surface area contributed by atoms with Gasteiger partial charge in [0.25, 0.3) is 0 Å². The minimum absolute atomic E-state index is 0.134. The van der Waals surface area contributed by atoms with Gasteiger partial charge in [-0.1, -0.05) is 6.42 Å². The summed E-state index contributed by atoms with van der Waals surface area (Å²) in [5, 5.41) is 7.01. The second-order valence-electron chi connectivity index (χ2n) is 8.36. The molecule has 0 atom stereocenters. The first-order valence-corrected chi connectivity index (χ1v) is 10.4. The molecule has 2 aliphatic rings. The third kappa shape index (κ3) is 6.78. The van der Waals surface area contributed by atoms with Crippen molar-refractivity contribution in [2.24, 2.45) is 10.4 Å². The SMILES string of the molecule is CCNC(=NCC(C)(C)N1CCCCC1)NCC1(CCOCC)CC1. The molecular weight excluding hydrogens is 312 g/mol. The number of piperidine rings is 1. The van der Waals surface area contributed by atoms with Gasteiger partial charge in [-0.05, 0) is 78.3 Å². The summed E-state index contributed by atoms with van der Waals surface area (Å²) in [5.74, 6) is 0.968. The summed E-state index contributed by atoms with van der Waals surface area (Å²) >= 11 is 0. The summed E-state index contributed by atoms with van der Waals surface area (Å²) in [7, 11) is 0. The number of aliphatic imine (C=N–C) groups is 1. The topological polar surface area (TPSA) is 48.9 Å². The summed E-state index contributed by atoms with van der Waals surface area (Å²) in [6.07, 6.45) is 7.81. The van der Waals surface area contributed by atoms with Gasteiger partial charge in [0.2, 0.25) is 0 Å². The molecule has 0 bridgehead atoms. The molecule has 1 aliphatic heterocycles. The molecule has 5 nitrogen and oxygen atoms in total. The molecule has 1 heterocycles. The number of nitrogens with one attached hydrogen (secondary N) is 2. The Kier molecular flexibility index (Phi) is 8.01. The summed E-state index contributed by atoms with van der Waals surface area (Å²) in [5.41, 5.74) is 0.572. The molecule has 1 aliphatic carbocycles. The van der Waals surface area contributed by atoms with Crippen molar-refractivity contribution >= 4 is 5.96 Å². The maximum atomic E-state index is 5.54. The van der Waals surface area contributed by atoms with Crippen molar-refractivity contribution in [3.63, 3.8) is 0 Å². The zero-order chi connectivity index (χ0) is 18.2. The number of hydrogen-bond donors (Lipinski definition) is 2. The zero-order valence-corrected chi connectivity index (χ0v) is 17.0. The van der Waals surface area contributed by atoms with E-state index < -0.39 is 0 Å². The highest BCUT2D eigenvalue weighted by molar-refractivity contribution is 5.79. The Hall–Kier alpha value is -0.810. The lowest BCUT2D eigenvalue weighted by Gasteiger charge is -2.40. The lowest BCUT2D eigenvalue weighted by atomic mass is 9.99. The molecule has 0 unspecified atom stereocenters. The van der Waals surface area contributed by atoms with E-state index in [1.165, 1.54) is 45.2 Å². The van der Waals surface area contributed by atoms with Crippen LogP contribution in [0.15, 0.2) is 4.99 Å². The second kappa shape index (κ2) is 9.77. The van der Waals surface area contributed by atoms with Crippen LogP contribution >= 0.6 is 0 Å². The predicted octanol–water partition coefficient (Wildman–Crippen LogP) is 3.01. The summed E-state index contributed by atoms with van der Waals surface area (Å²) in [6, 6.07) is 0. The van der Waals surface area contributed by atoms with Crippen molar-refractivity contribution in [3.8, 4) is 0 Å². The molecule has 25 heavy (non-hydrogen) atoms. The maximum absolute atomic E-state index is 5.54. The van der Waals surface area contributed by atoms with Crippen molar-refractivity contribution in [2.75, 3.05) is 45.9 Å². The molecule has 0 amide bonds. The first-order chi connectivity index (χ1) is 12.0. The van der Waals surface area contributed by atoms with Crippen LogP contribution in [0.3, 0.4) is 0 Å². The molecule has 0 aromatic rings. The van der Waals surface area contributed by atoms with E-state index in [0.29, 0.717) is 5.41 Å². The molecule has 1 saturated carbocycles. The molecule has 0 aromatic carbocycles. The van der Waals surface area contributed by atoms with Crippen LogP contribution in [0.4, 0.5) is 0 Å². The summed E-state index contributed by atoms with van der Waals surface area (Å²) < 4.78 is 5.54. The summed E-state index contributed by atoms with van der Waals surface area (Å²) in [4.78, 5) is 7.51. The lowest BCUT2D eigenvalue weighted by molar-refractivity contribution is 0.102. The first kappa shape index (κ1) is 20.5. The van der Waals surface area contributed by atoms with E-state index in [4.69, 9.17) is 9.73 Å². The standard InChI is InChI=1S/C20H40N4O/c1-5-21-18(23-17-20(10-11-20)12-15-25-6-2)22-16-19(3,4)24-13-8-7-9-14-24/h5-17H2,1-4H3,(H2,21,22,23). The van der Waals surface area contributed by atoms with Crippen LogP contribution in [0.5, 0.6) is 0 Å². The van der Waals surface area contributed by atoms with Gasteiger partial charge in [-0.15, -0.1) is 0 Å². The largest absolute Gasteiger partial charge is 0.382 e. The van der Waals surface area contributed by atoms with E-state index in [9.17, 15) is 0 Å². The van der Waals surface area contributed by atoms with Crippen LogP contribution in [0.2, 0.25) is 0 Å². The fourth-order valence-corrected chi connectivity index (χ4v) is 3.61. The van der Waals surface area contributed by atoms with Crippen LogP contribution in [-0.4, -0.2) is 62.3 Å². The van der Waals surface area contributed by atoms with Gasteiger partial charge in [0.1, 0.15) is 0 Å². The van der Waals surface area contributed by atoms with Crippen LogP contribution in [-0.2, 0) is 4.74 Å². The molecule has 2 rings (SSSR count). The third-order valence-corrected chi connectivity index (χ3v) is 5.75. The van der Waals surface area contributed by atoms with Gasteiger partial charge in [-0.3, -0.25) is 9.89 Å². The molecule has 2 fully saturated rings. The van der Waals surface area contributed by atoms with E-state index in [0.717, 1.165) is 45.2 Å². The molecule has 1 saturated heterocycles. The average molecular weight is 353 g/mol. The molecule has 146 valence electrons. The van der Waals surface area contributed by atoms with Gasteiger partial charge >= 0.3 is 0 Å². The molecule has 0 aromatic heterocycles. The second-order valence-corrected chi connectivity index (χ2v) is 8.36. The Morgan fingerprint density at radius 1 is 1.12 bits per heavy atom. The summed E-state index contributed by atoms with van der Waals surface area (Å²) in [6.45, 7) is 15.7. The van der Waals surface area contributed by atoms with Crippen molar-refractivity contribution in [3.05, 3.63) is 0 Å². The van der Waals surface area contributed by atoms with E-state index in [2.05, 4.69) is 43.2 Å². The Bertz CT molecular complexity index is 412. The highest BCUT2D eigenvalue weighted by Gasteiger charge is 2.42. The molecule has 5 heteroatoms. The van der Waals surface area contributed by atoms with E-state index >= 15 is 0 Å². The number of hydrogen-bond acceptors (Lipinski definition) is 3. The lowest BCUT2D eigenvalue weighted by Crippen LogP contribution is -2.50. The Balaban J connectivity index is 1.83. The minimum atomic E-state index is 0.134. The van der Waals surface area contributed by atoms with Gasteiger partial charge < -0.3 is 15.4 Å². The van der Waals surface area contributed by atoms with E-state index in [1.54, 1.807) is 0 Å². The highest BCUT2D eigenvalue weighted by Crippen LogP contribution is 2.48. The highest BCUT2D eigenvalue weighted by atomic mass is 16.5. The van der Waals surface area contributed by atoms with Crippen LogP contribution in [0, 0.1) is 5.41 Å². The van der Waals surface area contributed by atoms with Gasteiger partial charge in [0.05, 0.1) is 6.54 Å². The van der Waals surface area contributed by atoms with Gasteiger partial charge in [-0.25, -0.2) is 0 Å². The van der Waals surface area contributed by atoms with Crippen LogP contribution in [0.25, 0.3) is 0 Å². The van der Waals surface area contributed by atoms with Crippen molar-refractivity contribution < 1.29 is 4.74 Å². The zero-order valence-electron chi connectivity index (χ0n) is 17.0. The minimum Gasteiger partial charge on any atom is -0.382 e. The van der Waals surface area contributed by atoms with Gasteiger partial charge in [0, 0.05) is 31.8 Å². The first-order valence-electron chi connectivity index (χ1n) is 10.4. The van der Waals surface area contributed by atoms with E-state index in [-0.39, 0.29) is 5.54 Å². The number of likely N-dealkylation sites (tertiary alicyclic amines) is 1. The van der Waals surface area contributed by atoms with Gasteiger partial charge in [0.15, 0.2) is 5.96 Å². The Labute approximate surface area is 155 Å². The molecule has 2 N–H and O–H groups in total. The van der Waals surface area contributed by atoms with Crippen LogP contribution < -0.4 is 10.6 Å². The number of nitrogens with zero attached hydrogens (tertiary/aromatic N) is 2. The normalized spacial score (nSPS) is 21.2. The smallest absolute Gasteiger partial charge is 0.191 e. The monoisotopic (exact) mass is 352 g/mol. The Morgan fingerprint density at radius 3 is 2.44 bits per heavy atom.